The first kappa shape index (κ1) is 17.5. The van der Waals surface area contributed by atoms with Gasteiger partial charge in [-0.3, -0.25) is 4.79 Å². The van der Waals surface area contributed by atoms with Crippen LogP contribution in [0.2, 0.25) is 0 Å². The highest BCUT2D eigenvalue weighted by Gasteiger charge is 2.24. The number of nitrogens with zero attached hydrogens (tertiary/aromatic N) is 3. The Balaban J connectivity index is 1.84. The average Bonchev–Trinajstić information content (AvgIpc) is 3.15. The first-order valence-electron chi connectivity index (χ1n) is 8.45. The van der Waals surface area contributed by atoms with Crippen molar-refractivity contribution in [1.82, 2.24) is 14.8 Å². The van der Waals surface area contributed by atoms with Crippen molar-refractivity contribution < 1.29 is 9.53 Å². The van der Waals surface area contributed by atoms with Crippen molar-refractivity contribution >= 4 is 29.1 Å². The summed E-state index contributed by atoms with van der Waals surface area (Å²) in [6.45, 7) is 7.41. The molecule has 3 rings (SSSR count). The minimum Gasteiger partial charge on any atom is -0.465 e. The number of carbonyl (C=O) groups excluding carboxylic acids is 1. The first-order valence-corrected chi connectivity index (χ1v) is 10.3. The van der Waals surface area contributed by atoms with Gasteiger partial charge in [0.2, 0.25) is 0 Å². The van der Waals surface area contributed by atoms with Gasteiger partial charge in [-0.25, -0.2) is 0 Å². The van der Waals surface area contributed by atoms with Crippen LogP contribution in [0.15, 0.2) is 10.5 Å². The standard InChI is InChI=1S/C17H23N3O2S2/c1-4-20-16(18-19-17(20)24-10-15(21)22-5-2)13-9-23-14-8-11(3)6-7-12(13)14/h9,11H,4-8,10H2,1-3H3/t11-/m1/s1. The lowest BCUT2D eigenvalue weighted by Gasteiger charge is -2.19. The first-order chi connectivity index (χ1) is 11.6. The molecule has 0 aromatic carbocycles. The average molecular weight is 366 g/mol. The lowest BCUT2D eigenvalue weighted by Crippen LogP contribution is -2.10. The predicted molar refractivity (Wildman–Crippen MR) is 97.6 cm³/mol. The maximum absolute atomic E-state index is 11.6. The molecule has 0 spiro atoms. The summed E-state index contributed by atoms with van der Waals surface area (Å²) in [4.78, 5) is 13.1. The van der Waals surface area contributed by atoms with Gasteiger partial charge in [-0.05, 0) is 44.6 Å². The molecule has 0 radical (unpaired) electrons. The van der Waals surface area contributed by atoms with Crippen LogP contribution >= 0.6 is 23.1 Å². The number of thiophene rings is 1. The molecule has 1 aliphatic rings. The van der Waals surface area contributed by atoms with Crippen molar-refractivity contribution in [3.63, 3.8) is 0 Å². The zero-order valence-corrected chi connectivity index (χ0v) is 16.0. The smallest absolute Gasteiger partial charge is 0.316 e. The van der Waals surface area contributed by atoms with E-state index in [9.17, 15) is 4.79 Å². The number of aromatic nitrogens is 3. The van der Waals surface area contributed by atoms with E-state index in [4.69, 9.17) is 4.74 Å². The van der Waals surface area contributed by atoms with Crippen molar-refractivity contribution in [2.75, 3.05) is 12.4 Å². The molecule has 0 aliphatic heterocycles. The number of rotatable bonds is 6. The fraction of sp³-hybridized carbons (Fsp3) is 0.588. The van der Waals surface area contributed by atoms with Crippen LogP contribution in [0.3, 0.4) is 0 Å². The number of carbonyl (C=O) groups is 1. The van der Waals surface area contributed by atoms with E-state index in [-0.39, 0.29) is 11.7 Å². The number of ether oxygens (including phenoxy) is 1. The van der Waals surface area contributed by atoms with Gasteiger partial charge in [0.15, 0.2) is 11.0 Å². The zero-order chi connectivity index (χ0) is 17.1. The van der Waals surface area contributed by atoms with Crippen molar-refractivity contribution in [2.24, 2.45) is 5.92 Å². The summed E-state index contributed by atoms with van der Waals surface area (Å²) in [6, 6.07) is 0. The van der Waals surface area contributed by atoms with Gasteiger partial charge in [0.1, 0.15) is 0 Å². The van der Waals surface area contributed by atoms with Gasteiger partial charge < -0.3 is 9.30 Å². The van der Waals surface area contributed by atoms with Crippen LogP contribution in [0, 0.1) is 5.92 Å². The monoisotopic (exact) mass is 365 g/mol. The summed E-state index contributed by atoms with van der Waals surface area (Å²) >= 11 is 3.24. The molecule has 130 valence electrons. The SMILES string of the molecule is CCOC(=O)CSc1nnc(-c2csc3c2CC[C@@H](C)C3)n1CC. The number of hydrogen-bond donors (Lipinski definition) is 0. The molecule has 1 aliphatic carbocycles. The highest BCUT2D eigenvalue weighted by atomic mass is 32.2. The minimum atomic E-state index is -0.211. The second-order valence-electron chi connectivity index (χ2n) is 6.04. The van der Waals surface area contributed by atoms with Crippen molar-refractivity contribution in [3.05, 3.63) is 15.8 Å². The Morgan fingerprint density at radius 2 is 2.29 bits per heavy atom. The quantitative estimate of drug-likeness (QED) is 0.575. The molecule has 0 saturated carbocycles. The molecule has 0 fully saturated rings. The van der Waals surface area contributed by atoms with Crippen LogP contribution in [0.1, 0.15) is 37.6 Å². The molecule has 2 aromatic rings. The Labute approximate surface area is 150 Å². The summed E-state index contributed by atoms with van der Waals surface area (Å²) < 4.78 is 7.09. The van der Waals surface area contributed by atoms with Gasteiger partial charge >= 0.3 is 5.97 Å². The molecular weight excluding hydrogens is 342 g/mol. The van der Waals surface area contributed by atoms with Crippen LogP contribution in [-0.2, 0) is 28.9 Å². The summed E-state index contributed by atoms with van der Waals surface area (Å²) in [5, 5.41) is 11.7. The van der Waals surface area contributed by atoms with Crippen LogP contribution < -0.4 is 0 Å². The summed E-state index contributed by atoms with van der Waals surface area (Å²) in [6.07, 6.45) is 3.53. The largest absolute Gasteiger partial charge is 0.465 e. The molecule has 5 nitrogen and oxygen atoms in total. The Morgan fingerprint density at radius 3 is 3.04 bits per heavy atom. The van der Waals surface area contributed by atoms with E-state index in [1.807, 2.05) is 18.3 Å². The second-order valence-corrected chi connectivity index (χ2v) is 7.95. The van der Waals surface area contributed by atoms with Crippen LogP contribution in [0.25, 0.3) is 11.4 Å². The number of thioether (sulfide) groups is 1. The van der Waals surface area contributed by atoms with E-state index >= 15 is 0 Å². The molecule has 7 heteroatoms. The maximum atomic E-state index is 11.6. The molecule has 0 saturated heterocycles. The lowest BCUT2D eigenvalue weighted by atomic mass is 9.88. The highest BCUT2D eigenvalue weighted by molar-refractivity contribution is 7.99. The molecule has 0 bridgehead atoms. The molecule has 1 atom stereocenters. The fourth-order valence-corrected chi connectivity index (χ4v) is 5.11. The van der Waals surface area contributed by atoms with Gasteiger partial charge in [0.25, 0.3) is 0 Å². The van der Waals surface area contributed by atoms with E-state index in [0.29, 0.717) is 6.61 Å². The van der Waals surface area contributed by atoms with E-state index in [0.717, 1.165) is 29.9 Å². The molecule has 24 heavy (non-hydrogen) atoms. The highest BCUT2D eigenvalue weighted by Crippen LogP contribution is 2.38. The summed E-state index contributed by atoms with van der Waals surface area (Å²) in [7, 11) is 0. The third kappa shape index (κ3) is 3.52. The van der Waals surface area contributed by atoms with Crippen LogP contribution in [0.5, 0.6) is 0 Å². The Kier molecular flexibility index (Phi) is 5.61. The molecule has 2 aromatic heterocycles. The minimum absolute atomic E-state index is 0.211. The van der Waals surface area contributed by atoms with Crippen LogP contribution in [-0.4, -0.2) is 33.1 Å². The number of esters is 1. The Morgan fingerprint density at radius 1 is 1.46 bits per heavy atom. The van der Waals surface area contributed by atoms with Gasteiger partial charge in [-0.1, -0.05) is 18.7 Å². The van der Waals surface area contributed by atoms with Gasteiger partial charge in [0, 0.05) is 22.4 Å². The maximum Gasteiger partial charge on any atom is 0.316 e. The van der Waals surface area contributed by atoms with E-state index in [1.165, 1.54) is 40.6 Å². The van der Waals surface area contributed by atoms with E-state index in [2.05, 4.69) is 34.0 Å². The van der Waals surface area contributed by atoms with Crippen molar-refractivity contribution in [2.45, 2.75) is 51.7 Å². The van der Waals surface area contributed by atoms with Gasteiger partial charge in [0.05, 0.1) is 12.4 Å². The van der Waals surface area contributed by atoms with Gasteiger partial charge in [-0.15, -0.1) is 21.5 Å². The second kappa shape index (κ2) is 7.70. The fourth-order valence-electron chi connectivity index (χ4n) is 3.07. The van der Waals surface area contributed by atoms with Crippen molar-refractivity contribution in [1.29, 1.82) is 0 Å². The van der Waals surface area contributed by atoms with E-state index in [1.54, 1.807) is 0 Å². The third-order valence-corrected chi connectivity index (χ3v) is 6.29. The summed E-state index contributed by atoms with van der Waals surface area (Å²) in [5.74, 6) is 1.75. The Bertz CT molecular complexity index is 723. The third-order valence-electron chi connectivity index (χ3n) is 4.30. The molecular formula is C17H23N3O2S2. The van der Waals surface area contributed by atoms with E-state index < -0.39 is 0 Å². The molecule has 0 amide bonds. The predicted octanol–water partition coefficient (Wildman–Crippen LogP) is 3.81. The van der Waals surface area contributed by atoms with Crippen LogP contribution in [0.4, 0.5) is 0 Å². The van der Waals surface area contributed by atoms with Crippen molar-refractivity contribution in [3.8, 4) is 11.4 Å². The molecule has 2 heterocycles. The topological polar surface area (TPSA) is 57.0 Å². The lowest BCUT2D eigenvalue weighted by molar-refractivity contribution is -0.139. The Hall–Kier alpha value is -1.34. The number of fused-ring (bicyclic) bond motifs is 1. The summed E-state index contributed by atoms with van der Waals surface area (Å²) in [5.41, 5.74) is 2.67. The van der Waals surface area contributed by atoms with Gasteiger partial charge in [-0.2, -0.15) is 0 Å². The number of hydrogen-bond acceptors (Lipinski definition) is 6. The molecule has 0 unspecified atom stereocenters. The normalized spacial score (nSPS) is 16.9. The zero-order valence-electron chi connectivity index (χ0n) is 14.4. The molecule has 0 N–H and O–H groups in total.